The van der Waals surface area contributed by atoms with Crippen molar-refractivity contribution in [3.8, 4) is 0 Å². The van der Waals surface area contributed by atoms with Crippen molar-refractivity contribution in [3.63, 3.8) is 0 Å². The fraction of sp³-hybridized carbons (Fsp3) is 0.615. The number of hydrogen-bond acceptors (Lipinski definition) is 5. The lowest BCUT2D eigenvalue weighted by molar-refractivity contribution is 0.0381. The Morgan fingerprint density at radius 2 is 2.00 bits per heavy atom. The number of anilines is 1. The zero-order chi connectivity index (χ0) is 14.0. The second-order valence-electron chi connectivity index (χ2n) is 5.47. The molecule has 1 aliphatic rings. The number of halogens is 1. The standard InChI is InChI=1S/C13H18ClN5O/c14-12-17-10(9-7-16-19-11(9)18-12)15-8-13(20)5-3-1-2-4-6-13/h7,20H,1-6,8H2,(H2,15,16,17,18,19). The molecule has 0 aliphatic heterocycles. The van der Waals surface area contributed by atoms with Gasteiger partial charge in [0.2, 0.25) is 5.28 Å². The third kappa shape index (κ3) is 2.86. The van der Waals surface area contributed by atoms with Gasteiger partial charge in [-0.05, 0) is 24.4 Å². The molecule has 3 rings (SSSR count). The molecule has 2 aromatic heterocycles. The van der Waals surface area contributed by atoms with Crippen LogP contribution < -0.4 is 5.32 Å². The Morgan fingerprint density at radius 1 is 1.25 bits per heavy atom. The molecular weight excluding hydrogens is 278 g/mol. The molecule has 0 amide bonds. The molecule has 0 atom stereocenters. The van der Waals surface area contributed by atoms with Crippen molar-refractivity contribution in [2.45, 2.75) is 44.1 Å². The van der Waals surface area contributed by atoms with Crippen LogP contribution in [0.1, 0.15) is 38.5 Å². The number of hydrogen-bond donors (Lipinski definition) is 3. The highest BCUT2D eigenvalue weighted by molar-refractivity contribution is 6.28. The molecule has 0 unspecified atom stereocenters. The average Bonchev–Trinajstić information content (AvgIpc) is 2.78. The first kappa shape index (κ1) is 13.6. The Morgan fingerprint density at radius 3 is 2.75 bits per heavy atom. The van der Waals surface area contributed by atoms with Crippen LogP contribution in [0.4, 0.5) is 5.82 Å². The summed E-state index contributed by atoms with van der Waals surface area (Å²) in [5.41, 5.74) is -0.0652. The largest absolute Gasteiger partial charge is 0.388 e. The van der Waals surface area contributed by atoms with Crippen molar-refractivity contribution in [1.29, 1.82) is 0 Å². The van der Waals surface area contributed by atoms with Gasteiger partial charge in [0.05, 0.1) is 17.2 Å². The van der Waals surface area contributed by atoms with Gasteiger partial charge in [0.15, 0.2) is 5.65 Å². The van der Waals surface area contributed by atoms with E-state index in [4.69, 9.17) is 11.6 Å². The highest BCUT2D eigenvalue weighted by Crippen LogP contribution is 2.28. The molecule has 2 heterocycles. The minimum atomic E-state index is -0.663. The summed E-state index contributed by atoms with van der Waals surface area (Å²) in [6, 6.07) is 0. The van der Waals surface area contributed by atoms with Gasteiger partial charge in [-0.3, -0.25) is 5.10 Å². The molecule has 2 aromatic rings. The third-order valence-electron chi connectivity index (χ3n) is 3.90. The predicted octanol–water partition coefficient (Wildman–Crippen LogP) is 2.50. The maximum Gasteiger partial charge on any atom is 0.226 e. The van der Waals surface area contributed by atoms with Crippen LogP contribution in [0.3, 0.4) is 0 Å². The van der Waals surface area contributed by atoms with Crippen LogP contribution in [0.2, 0.25) is 5.28 Å². The van der Waals surface area contributed by atoms with E-state index < -0.39 is 5.60 Å². The zero-order valence-corrected chi connectivity index (χ0v) is 11.9. The van der Waals surface area contributed by atoms with Gasteiger partial charge in [0.25, 0.3) is 0 Å². The molecular formula is C13H18ClN5O. The second kappa shape index (κ2) is 5.54. The lowest BCUT2D eigenvalue weighted by Crippen LogP contribution is -2.36. The minimum Gasteiger partial charge on any atom is -0.388 e. The van der Waals surface area contributed by atoms with Crippen LogP contribution in [0.25, 0.3) is 11.0 Å². The Labute approximate surface area is 122 Å². The van der Waals surface area contributed by atoms with Gasteiger partial charge in [0.1, 0.15) is 5.82 Å². The number of aromatic amines is 1. The molecule has 0 aromatic carbocycles. The molecule has 0 radical (unpaired) electrons. The lowest BCUT2D eigenvalue weighted by Gasteiger charge is -2.27. The predicted molar refractivity (Wildman–Crippen MR) is 77.8 cm³/mol. The molecule has 7 heteroatoms. The first-order valence-corrected chi connectivity index (χ1v) is 7.37. The number of rotatable bonds is 3. The molecule has 1 aliphatic carbocycles. The van der Waals surface area contributed by atoms with Crippen LogP contribution in [0, 0.1) is 0 Å². The van der Waals surface area contributed by atoms with Crippen molar-refractivity contribution < 1.29 is 5.11 Å². The van der Waals surface area contributed by atoms with E-state index in [-0.39, 0.29) is 5.28 Å². The van der Waals surface area contributed by atoms with Gasteiger partial charge in [-0.15, -0.1) is 0 Å². The Bertz CT molecular complexity index is 591. The van der Waals surface area contributed by atoms with Crippen molar-refractivity contribution in [1.82, 2.24) is 20.2 Å². The fourth-order valence-corrected chi connectivity index (χ4v) is 2.92. The number of fused-ring (bicyclic) bond motifs is 1. The highest BCUT2D eigenvalue weighted by atomic mass is 35.5. The van der Waals surface area contributed by atoms with Crippen molar-refractivity contribution in [3.05, 3.63) is 11.5 Å². The third-order valence-corrected chi connectivity index (χ3v) is 4.07. The summed E-state index contributed by atoms with van der Waals surface area (Å²) in [6.07, 6.45) is 7.86. The Hall–Kier alpha value is -1.40. The summed E-state index contributed by atoms with van der Waals surface area (Å²) in [5.74, 6) is 0.617. The second-order valence-corrected chi connectivity index (χ2v) is 5.80. The van der Waals surface area contributed by atoms with Crippen LogP contribution in [-0.2, 0) is 0 Å². The molecule has 20 heavy (non-hydrogen) atoms. The van der Waals surface area contributed by atoms with Gasteiger partial charge in [-0.2, -0.15) is 15.1 Å². The molecule has 0 spiro atoms. The number of aliphatic hydroxyl groups is 1. The molecule has 1 saturated carbocycles. The number of H-pyrrole nitrogens is 1. The quantitative estimate of drug-likeness (QED) is 0.598. The van der Waals surface area contributed by atoms with E-state index in [1.165, 1.54) is 12.8 Å². The summed E-state index contributed by atoms with van der Waals surface area (Å²) in [5, 5.41) is 21.5. The van der Waals surface area contributed by atoms with E-state index in [1.807, 2.05) is 0 Å². The maximum absolute atomic E-state index is 10.6. The fourth-order valence-electron chi connectivity index (χ4n) is 2.75. The Balaban J connectivity index is 1.77. The van der Waals surface area contributed by atoms with E-state index in [2.05, 4.69) is 25.5 Å². The molecule has 0 saturated heterocycles. The molecule has 0 bridgehead atoms. The number of aromatic nitrogens is 4. The summed E-state index contributed by atoms with van der Waals surface area (Å²) in [4.78, 5) is 8.24. The van der Waals surface area contributed by atoms with Crippen LogP contribution in [0.5, 0.6) is 0 Å². The normalized spacial score (nSPS) is 18.9. The van der Waals surface area contributed by atoms with E-state index in [1.54, 1.807) is 6.20 Å². The van der Waals surface area contributed by atoms with Gasteiger partial charge >= 0.3 is 0 Å². The average molecular weight is 296 g/mol. The molecule has 108 valence electrons. The van der Waals surface area contributed by atoms with Crippen molar-refractivity contribution in [2.24, 2.45) is 0 Å². The molecule has 6 nitrogen and oxygen atoms in total. The van der Waals surface area contributed by atoms with Gasteiger partial charge in [0, 0.05) is 6.54 Å². The minimum absolute atomic E-state index is 0.164. The van der Waals surface area contributed by atoms with E-state index >= 15 is 0 Å². The summed E-state index contributed by atoms with van der Waals surface area (Å²) < 4.78 is 0. The lowest BCUT2D eigenvalue weighted by atomic mass is 9.94. The van der Waals surface area contributed by atoms with Gasteiger partial charge in [-0.25, -0.2) is 0 Å². The smallest absolute Gasteiger partial charge is 0.226 e. The van der Waals surface area contributed by atoms with Crippen molar-refractivity contribution >= 4 is 28.5 Å². The number of nitrogens with one attached hydrogen (secondary N) is 2. The SMILES string of the molecule is OC1(CNc2nc(Cl)nc3[nH]ncc23)CCCCCC1. The first-order valence-electron chi connectivity index (χ1n) is 6.99. The number of nitrogens with zero attached hydrogens (tertiary/aromatic N) is 3. The van der Waals surface area contributed by atoms with Crippen molar-refractivity contribution in [2.75, 3.05) is 11.9 Å². The first-order chi connectivity index (χ1) is 9.66. The molecule has 3 N–H and O–H groups in total. The van der Waals surface area contributed by atoms with E-state index in [0.717, 1.165) is 31.1 Å². The van der Waals surface area contributed by atoms with E-state index in [9.17, 15) is 5.11 Å². The summed E-state index contributed by atoms with van der Waals surface area (Å²) in [6.45, 7) is 0.473. The van der Waals surface area contributed by atoms with Crippen LogP contribution in [0.15, 0.2) is 6.20 Å². The monoisotopic (exact) mass is 295 g/mol. The maximum atomic E-state index is 10.6. The van der Waals surface area contributed by atoms with Crippen LogP contribution >= 0.6 is 11.6 Å². The zero-order valence-electron chi connectivity index (χ0n) is 11.2. The van der Waals surface area contributed by atoms with Gasteiger partial charge < -0.3 is 10.4 Å². The Kier molecular flexibility index (Phi) is 3.76. The topological polar surface area (TPSA) is 86.7 Å². The van der Waals surface area contributed by atoms with Crippen LogP contribution in [-0.4, -0.2) is 37.4 Å². The highest BCUT2D eigenvalue weighted by Gasteiger charge is 2.28. The molecule has 1 fully saturated rings. The van der Waals surface area contributed by atoms with E-state index in [0.29, 0.717) is 18.0 Å². The summed E-state index contributed by atoms with van der Waals surface area (Å²) >= 11 is 5.89. The summed E-state index contributed by atoms with van der Waals surface area (Å²) in [7, 11) is 0. The van der Waals surface area contributed by atoms with Gasteiger partial charge in [-0.1, -0.05) is 25.7 Å².